The zero-order valence-electron chi connectivity index (χ0n) is 20.5. The van der Waals surface area contributed by atoms with Crippen molar-refractivity contribution in [2.75, 3.05) is 26.7 Å². The Kier molecular flexibility index (Phi) is 7.67. The van der Waals surface area contributed by atoms with Crippen LogP contribution in [0.1, 0.15) is 48.3 Å². The van der Waals surface area contributed by atoms with E-state index in [4.69, 9.17) is 4.74 Å². The zero-order valence-corrected chi connectivity index (χ0v) is 20.5. The molecule has 1 saturated carbocycles. The SMILES string of the molecule is C[C@H](CO)N1C[C@H](C)[C@@H](CN(C)C(=O)Cc2ccccn2)Oc2ncc(C#CC3CC3)cc2C1=O. The Bertz CT molecular complexity index is 1120. The Morgan fingerprint density at radius 1 is 1.34 bits per heavy atom. The lowest BCUT2D eigenvalue weighted by Crippen LogP contribution is -2.50. The minimum Gasteiger partial charge on any atom is -0.472 e. The van der Waals surface area contributed by atoms with Crippen LogP contribution in [0.15, 0.2) is 36.7 Å². The summed E-state index contributed by atoms with van der Waals surface area (Å²) < 4.78 is 6.27. The third-order valence-electron chi connectivity index (χ3n) is 6.46. The van der Waals surface area contributed by atoms with E-state index in [1.807, 2.05) is 32.0 Å². The third kappa shape index (κ3) is 6.17. The monoisotopic (exact) mass is 476 g/mol. The van der Waals surface area contributed by atoms with Crippen molar-refractivity contribution in [2.24, 2.45) is 11.8 Å². The lowest BCUT2D eigenvalue weighted by atomic mass is 9.99. The molecule has 0 aromatic carbocycles. The van der Waals surface area contributed by atoms with Crippen molar-refractivity contribution >= 4 is 11.8 Å². The summed E-state index contributed by atoms with van der Waals surface area (Å²) in [5, 5.41) is 9.81. The molecule has 0 bridgehead atoms. The highest BCUT2D eigenvalue weighted by Gasteiger charge is 2.34. The number of hydrogen-bond acceptors (Lipinski definition) is 6. The van der Waals surface area contributed by atoms with E-state index in [1.165, 1.54) is 0 Å². The first-order chi connectivity index (χ1) is 16.9. The molecule has 8 nitrogen and oxygen atoms in total. The molecule has 1 aliphatic carbocycles. The predicted molar refractivity (Wildman–Crippen MR) is 131 cm³/mol. The van der Waals surface area contributed by atoms with Crippen molar-refractivity contribution in [3.63, 3.8) is 0 Å². The summed E-state index contributed by atoms with van der Waals surface area (Å²) in [5.74, 6) is 6.54. The van der Waals surface area contributed by atoms with E-state index < -0.39 is 6.10 Å². The summed E-state index contributed by atoms with van der Waals surface area (Å²) in [6.07, 6.45) is 5.32. The van der Waals surface area contributed by atoms with Crippen molar-refractivity contribution in [3.8, 4) is 17.7 Å². The number of carbonyl (C=O) groups is 2. The van der Waals surface area contributed by atoms with Crippen LogP contribution < -0.4 is 4.74 Å². The van der Waals surface area contributed by atoms with E-state index in [0.29, 0.717) is 35.8 Å². The fraction of sp³-hybridized carbons (Fsp3) is 0.481. The molecular weight excluding hydrogens is 444 g/mol. The van der Waals surface area contributed by atoms with Crippen LogP contribution in [0.5, 0.6) is 5.88 Å². The quantitative estimate of drug-likeness (QED) is 0.642. The maximum Gasteiger partial charge on any atom is 0.259 e. The summed E-state index contributed by atoms with van der Waals surface area (Å²) >= 11 is 0. The summed E-state index contributed by atoms with van der Waals surface area (Å²) in [5.41, 5.74) is 1.70. The topological polar surface area (TPSA) is 95.9 Å². The summed E-state index contributed by atoms with van der Waals surface area (Å²) in [7, 11) is 1.74. The van der Waals surface area contributed by atoms with Crippen LogP contribution in [0, 0.1) is 23.7 Å². The van der Waals surface area contributed by atoms with Gasteiger partial charge in [0.15, 0.2) is 0 Å². The van der Waals surface area contributed by atoms with Crippen LogP contribution >= 0.6 is 0 Å². The van der Waals surface area contributed by atoms with E-state index in [2.05, 4.69) is 21.8 Å². The average Bonchev–Trinajstić information content (AvgIpc) is 3.69. The number of carbonyl (C=O) groups excluding carboxylic acids is 2. The van der Waals surface area contributed by atoms with Crippen LogP contribution in [-0.2, 0) is 11.2 Å². The maximum atomic E-state index is 13.5. The summed E-state index contributed by atoms with van der Waals surface area (Å²) in [4.78, 5) is 38.3. The van der Waals surface area contributed by atoms with Gasteiger partial charge in [0.2, 0.25) is 11.8 Å². The summed E-state index contributed by atoms with van der Waals surface area (Å²) in [6, 6.07) is 6.84. The highest BCUT2D eigenvalue weighted by molar-refractivity contribution is 5.97. The van der Waals surface area contributed by atoms with Gasteiger partial charge in [-0.25, -0.2) is 4.98 Å². The minimum atomic E-state index is -0.399. The number of aliphatic hydroxyl groups is 1. The van der Waals surface area contributed by atoms with Crippen molar-refractivity contribution < 1.29 is 19.4 Å². The second-order valence-electron chi connectivity index (χ2n) is 9.52. The number of aliphatic hydroxyl groups excluding tert-OH is 1. The van der Waals surface area contributed by atoms with Gasteiger partial charge in [0.1, 0.15) is 11.7 Å². The van der Waals surface area contributed by atoms with Crippen molar-refractivity contribution in [1.29, 1.82) is 0 Å². The molecule has 184 valence electrons. The maximum absolute atomic E-state index is 13.5. The number of pyridine rings is 2. The lowest BCUT2D eigenvalue weighted by Gasteiger charge is -2.37. The van der Waals surface area contributed by atoms with Gasteiger partial charge in [-0.05, 0) is 38.0 Å². The first kappa shape index (κ1) is 24.7. The van der Waals surface area contributed by atoms with Crippen molar-refractivity contribution in [2.45, 2.75) is 45.3 Å². The van der Waals surface area contributed by atoms with Gasteiger partial charge < -0.3 is 19.6 Å². The molecule has 4 rings (SSSR count). The van der Waals surface area contributed by atoms with Gasteiger partial charge in [0.25, 0.3) is 5.91 Å². The van der Waals surface area contributed by atoms with Gasteiger partial charge in [-0.2, -0.15) is 0 Å². The van der Waals surface area contributed by atoms with Gasteiger partial charge in [-0.1, -0.05) is 24.8 Å². The number of aromatic nitrogens is 2. The molecule has 2 aromatic heterocycles. The van der Waals surface area contributed by atoms with E-state index in [1.54, 1.807) is 35.3 Å². The Balaban J connectivity index is 1.58. The van der Waals surface area contributed by atoms with Gasteiger partial charge in [0, 0.05) is 49.1 Å². The number of rotatable bonds is 6. The highest BCUT2D eigenvalue weighted by atomic mass is 16.5. The Morgan fingerprint density at radius 3 is 2.83 bits per heavy atom. The molecule has 0 unspecified atom stereocenters. The van der Waals surface area contributed by atoms with Gasteiger partial charge in [0.05, 0.1) is 25.6 Å². The van der Waals surface area contributed by atoms with Crippen molar-refractivity contribution in [3.05, 3.63) is 53.5 Å². The van der Waals surface area contributed by atoms with Gasteiger partial charge in [-0.15, -0.1) is 0 Å². The molecule has 35 heavy (non-hydrogen) atoms. The van der Waals surface area contributed by atoms with E-state index >= 15 is 0 Å². The first-order valence-corrected chi connectivity index (χ1v) is 12.1. The second-order valence-corrected chi connectivity index (χ2v) is 9.52. The molecule has 3 atom stereocenters. The Hall–Kier alpha value is -3.44. The molecule has 1 fully saturated rings. The first-order valence-electron chi connectivity index (χ1n) is 12.1. The number of ether oxygens (including phenoxy) is 1. The molecule has 1 N–H and O–H groups in total. The molecule has 2 amide bonds. The van der Waals surface area contributed by atoms with Crippen LogP contribution in [0.3, 0.4) is 0 Å². The number of fused-ring (bicyclic) bond motifs is 1. The fourth-order valence-corrected chi connectivity index (χ4v) is 3.97. The molecule has 0 radical (unpaired) electrons. The zero-order chi connectivity index (χ0) is 24.9. The molecule has 1 aliphatic heterocycles. The normalized spacial score (nSPS) is 20.5. The van der Waals surface area contributed by atoms with Gasteiger partial charge in [-0.3, -0.25) is 14.6 Å². The Morgan fingerprint density at radius 2 is 2.14 bits per heavy atom. The third-order valence-corrected chi connectivity index (χ3v) is 6.46. The minimum absolute atomic E-state index is 0.0721. The number of nitrogens with zero attached hydrogens (tertiary/aromatic N) is 4. The largest absolute Gasteiger partial charge is 0.472 e. The van der Waals surface area contributed by atoms with Crippen LogP contribution in [-0.4, -0.2) is 75.6 Å². The molecule has 2 aliphatic rings. The number of likely N-dealkylation sites (N-methyl/N-ethyl adjacent to an activating group) is 1. The average molecular weight is 477 g/mol. The Labute approximate surface area is 206 Å². The molecule has 0 spiro atoms. The fourth-order valence-electron chi connectivity index (χ4n) is 3.97. The van der Waals surface area contributed by atoms with Gasteiger partial charge >= 0.3 is 0 Å². The van der Waals surface area contributed by atoms with Crippen LogP contribution in [0.4, 0.5) is 0 Å². The molecule has 3 heterocycles. The number of amides is 2. The second kappa shape index (κ2) is 10.9. The summed E-state index contributed by atoms with van der Waals surface area (Å²) in [6.45, 7) is 4.34. The smallest absolute Gasteiger partial charge is 0.259 e. The van der Waals surface area contributed by atoms with E-state index in [9.17, 15) is 14.7 Å². The number of hydrogen-bond donors (Lipinski definition) is 1. The van der Waals surface area contributed by atoms with Crippen LogP contribution in [0.2, 0.25) is 0 Å². The van der Waals surface area contributed by atoms with E-state index in [-0.39, 0.29) is 42.7 Å². The molecule has 8 heteroatoms. The van der Waals surface area contributed by atoms with E-state index in [0.717, 1.165) is 12.8 Å². The molecular formula is C27H32N4O4. The lowest BCUT2D eigenvalue weighted by molar-refractivity contribution is -0.130. The molecule has 0 saturated heterocycles. The standard InChI is InChI=1S/C27H32N4O4/c1-18-15-31(19(2)17-32)27(34)23-12-21(10-9-20-7-8-20)14-29-26(23)35-24(18)16-30(3)25(33)13-22-6-4-5-11-28-22/h4-6,11-12,14,18-20,24,32H,7-8,13,15-17H2,1-3H3/t18-,19+,24+/m0/s1. The highest BCUT2D eigenvalue weighted by Crippen LogP contribution is 2.29. The predicted octanol–water partition coefficient (Wildman–Crippen LogP) is 2.16. The van der Waals surface area contributed by atoms with Crippen LogP contribution in [0.25, 0.3) is 0 Å². The van der Waals surface area contributed by atoms with Crippen molar-refractivity contribution in [1.82, 2.24) is 19.8 Å². The molecule has 2 aromatic rings.